The molecule has 0 bridgehead atoms. The number of hydrogen-bond donors (Lipinski definition) is 2. The topological polar surface area (TPSA) is 83.8 Å². The zero-order valence-corrected chi connectivity index (χ0v) is 18.5. The first kappa shape index (κ1) is 25.4. The van der Waals surface area contributed by atoms with Crippen molar-refractivity contribution in [3.05, 3.63) is 29.5 Å². The van der Waals surface area contributed by atoms with Crippen LogP contribution in [-0.4, -0.2) is 41.3 Å². The third kappa shape index (κ3) is 7.58. The molecule has 0 aromatic rings. The quantitative estimate of drug-likeness (QED) is 0.287. The van der Waals surface area contributed by atoms with Crippen LogP contribution in [-0.2, 0) is 14.3 Å². The highest BCUT2D eigenvalue weighted by Crippen LogP contribution is 2.43. The second-order valence-corrected chi connectivity index (χ2v) is 8.46. The molecule has 0 saturated heterocycles. The van der Waals surface area contributed by atoms with Crippen LogP contribution >= 0.6 is 0 Å². The molecule has 3 atom stereocenters. The van der Waals surface area contributed by atoms with Crippen LogP contribution in [0.5, 0.6) is 0 Å². The number of carbonyl (C=O) groups is 2. The van der Waals surface area contributed by atoms with Crippen LogP contribution in [0.4, 0.5) is 0 Å². The van der Waals surface area contributed by atoms with Crippen molar-refractivity contribution in [3.8, 4) is 0 Å². The number of Topliss-reactive ketones (excluding diaryl/α,β-unsaturated/α-hetero) is 1. The van der Waals surface area contributed by atoms with Crippen molar-refractivity contribution < 1.29 is 24.5 Å². The molecule has 1 rings (SSSR count). The van der Waals surface area contributed by atoms with E-state index >= 15 is 0 Å². The largest absolute Gasteiger partial charge is 0.468 e. The smallest absolute Gasteiger partial charge is 0.316 e. The predicted molar refractivity (Wildman–Crippen MR) is 114 cm³/mol. The van der Waals surface area contributed by atoms with Crippen LogP contribution in [0.2, 0.25) is 0 Å². The Morgan fingerprint density at radius 3 is 2.66 bits per heavy atom. The molecule has 1 aliphatic carbocycles. The Morgan fingerprint density at radius 1 is 1.38 bits per heavy atom. The molecule has 0 aromatic heterocycles. The van der Waals surface area contributed by atoms with Gasteiger partial charge < -0.3 is 14.9 Å². The van der Waals surface area contributed by atoms with Crippen LogP contribution in [0.15, 0.2) is 29.5 Å². The van der Waals surface area contributed by atoms with E-state index in [1.54, 1.807) is 19.1 Å². The highest BCUT2D eigenvalue weighted by atomic mass is 16.5. The molecule has 0 heterocycles. The van der Waals surface area contributed by atoms with Crippen molar-refractivity contribution in [1.29, 1.82) is 0 Å². The van der Waals surface area contributed by atoms with Gasteiger partial charge in [0.1, 0.15) is 5.78 Å². The number of esters is 1. The maximum Gasteiger partial charge on any atom is 0.316 e. The number of aliphatic hydroxyl groups is 2. The van der Waals surface area contributed by atoms with Crippen LogP contribution in [0.1, 0.15) is 78.6 Å². The van der Waals surface area contributed by atoms with Crippen LogP contribution in [0.25, 0.3) is 0 Å². The van der Waals surface area contributed by atoms with Gasteiger partial charge in [0, 0.05) is 18.9 Å². The number of ketones is 1. The van der Waals surface area contributed by atoms with Gasteiger partial charge in [0.15, 0.2) is 0 Å². The van der Waals surface area contributed by atoms with Crippen molar-refractivity contribution in [3.63, 3.8) is 0 Å². The first-order valence-corrected chi connectivity index (χ1v) is 10.7. The van der Waals surface area contributed by atoms with Gasteiger partial charge in [-0.15, -0.1) is 5.73 Å². The van der Waals surface area contributed by atoms with Gasteiger partial charge in [-0.25, -0.2) is 0 Å². The Morgan fingerprint density at radius 2 is 2.10 bits per heavy atom. The van der Waals surface area contributed by atoms with Gasteiger partial charge in [-0.1, -0.05) is 31.9 Å². The molecule has 0 aliphatic heterocycles. The molecule has 1 aliphatic rings. The Balaban J connectivity index is 3.23. The Kier molecular flexibility index (Phi) is 10.6. The molecule has 2 N–H and O–H groups in total. The molecule has 0 amide bonds. The lowest BCUT2D eigenvalue weighted by Crippen LogP contribution is -2.40. The molecule has 0 spiro atoms. The fourth-order valence-corrected chi connectivity index (χ4v) is 3.99. The van der Waals surface area contributed by atoms with Gasteiger partial charge in [-0.3, -0.25) is 9.59 Å². The van der Waals surface area contributed by atoms with Crippen LogP contribution in [0, 0.1) is 11.3 Å². The van der Waals surface area contributed by atoms with E-state index in [4.69, 9.17) is 9.84 Å². The van der Waals surface area contributed by atoms with Gasteiger partial charge in [0.25, 0.3) is 0 Å². The molecular weight excluding hydrogens is 368 g/mol. The first-order chi connectivity index (χ1) is 13.7. The maximum absolute atomic E-state index is 12.9. The monoisotopic (exact) mass is 406 g/mol. The van der Waals surface area contributed by atoms with Gasteiger partial charge in [-0.2, -0.15) is 0 Å². The third-order valence-electron chi connectivity index (χ3n) is 5.81. The Hall–Kier alpha value is -1.68. The van der Waals surface area contributed by atoms with Crippen molar-refractivity contribution >= 4 is 11.8 Å². The number of ether oxygens (including phenoxy) is 1. The molecule has 0 aromatic carbocycles. The third-order valence-corrected chi connectivity index (χ3v) is 5.81. The predicted octanol–water partition coefficient (Wildman–Crippen LogP) is 4.28. The van der Waals surface area contributed by atoms with E-state index in [1.165, 1.54) is 7.11 Å². The molecular formula is C24H38O5. The van der Waals surface area contributed by atoms with E-state index in [-0.39, 0.29) is 12.4 Å². The summed E-state index contributed by atoms with van der Waals surface area (Å²) >= 11 is 0. The Bertz CT molecular complexity index is 640. The summed E-state index contributed by atoms with van der Waals surface area (Å²) in [5.41, 5.74) is 2.07. The van der Waals surface area contributed by atoms with E-state index in [1.807, 2.05) is 13.0 Å². The lowest BCUT2D eigenvalue weighted by Gasteiger charge is -2.32. The Labute approximate surface area is 175 Å². The standard InChI is InChI=1S/C24H38O5/c1-5-6-14-23(3,28)15-9-17-24(22(27)29-4,20-11-7-12-21(20)26)16-8-10-19(2)13-18-25/h8-9,17,20,25,28H,5-7,11-16,18H2,1-4H3/b17-9+/t10?,20-,23?,24+/m0/s1. The SMILES string of the molecule is CCCCC(C)(O)C/C=C/[C@@](CC=C=C(C)CCO)(C(=O)OC)[C@H]1CCCC1=O. The van der Waals surface area contributed by atoms with E-state index in [9.17, 15) is 14.7 Å². The number of hydrogen-bond acceptors (Lipinski definition) is 5. The summed E-state index contributed by atoms with van der Waals surface area (Å²) < 4.78 is 5.13. The van der Waals surface area contributed by atoms with Crippen molar-refractivity contribution in [2.24, 2.45) is 11.3 Å². The summed E-state index contributed by atoms with van der Waals surface area (Å²) in [5.74, 6) is -0.773. The number of aliphatic hydroxyl groups excluding tert-OH is 1. The molecule has 164 valence electrons. The minimum atomic E-state index is -1.09. The zero-order chi connectivity index (χ0) is 21.9. The number of carbonyl (C=O) groups excluding carboxylic acids is 2. The minimum Gasteiger partial charge on any atom is -0.468 e. The molecule has 1 saturated carbocycles. The average molecular weight is 407 g/mol. The second-order valence-electron chi connectivity index (χ2n) is 8.46. The van der Waals surface area contributed by atoms with Gasteiger partial charge in [0.05, 0.1) is 18.1 Å². The highest BCUT2D eigenvalue weighted by Gasteiger charge is 2.48. The molecule has 1 unspecified atom stereocenters. The summed E-state index contributed by atoms with van der Waals surface area (Å²) in [6.07, 6.45) is 11.1. The molecule has 1 fully saturated rings. The maximum atomic E-state index is 12.9. The summed E-state index contributed by atoms with van der Waals surface area (Å²) in [5, 5.41) is 19.6. The minimum absolute atomic E-state index is 0.0443. The lowest BCUT2D eigenvalue weighted by atomic mass is 9.70. The van der Waals surface area contributed by atoms with Crippen molar-refractivity contribution in [2.75, 3.05) is 13.7 Å². The molecule has 0 radical (unpaired) electrons. The van der Waals surface area contributed by atoms with Crippen molar-refractivity contribution in [2.45, 2.75) is 84.2 Å². The highest BCUT2D eigenvalue weighted by molar-refractivity contribution is 5.92. The summed E-state index contributed by atoms with van der Waals surface area (Å²) in [7, 11) is 1.35. The molecule has 5 heteroatoms. The van der Waals surface area contributed by atoms with E-state index in [0.29, 0.717) is 38.5 Å². The van der Waals surface area contributed by atoms with Crippen LogP contribution in [0.3, 0.4) is 0 Å². The molecule has 5 nitrogen and oxygen atoms in total. The lowest BCUT2D eigenvalue weighted by molar-refractivity contribution is -0.154. The second kappa shape index (κ2) is 12.1. The number of rotatable bonds is 12. The van der Waals surface area contributed by atoms with Gasteiger partial charge in [0.2, 0.25) is 0 Å². The fraction of sp³-hybridized carbons (Fsp3) is 0.708. The summed E-state index contributed by atoms with van der Waals surface area (Å²) in [4.78, 5) is 25.5. The normalized spacial score (nSPS) is 20.8. The van der Waals surface area contributed by atoms with E-state index in [2.05, 4.69) is 12.7 Å². The summed E-state index contributed by atoms with van der Waals surface area (Å²) in [6.45, 7) is 5.80. The summed E-state index contributed by atoms with van der Waals surface area (Å²) in [6, 6.07) is 0. The van der Waals surface area contributed by atoms with Gasteiger partial charge in [-0.05, 0) is 64.0 Å². The zero-order valence-electron chi connectivity index (χ0n) is 18.5. The molecule has 29 heavy (non-hydrogen) atoms. The van der Waals surface area contributed by atoms with Gasteiger partial charge >= 0.3 is 5.97 Å². The first-order valence-electron chi connectivity index (χ1n) is 10.7. The number of methoxy groups -OCH3 is 1. The fourth-order valence-electron chi connectivity index (χ4n) is 3.99. The van der Waals surface area contributed by atoms with E-state index in [0.717, 1.165) is 24.8 Å². The van der Waals surface area contributed by atoms with Crippen LogP contribution < -0.4 is 0 Å². The average Bonchev–Trinajstić information content (AvgIpc) is 3.11. The number of unbranched alkanes of at least 4 members (excludes halogenated alkanes) is 1. The van der Waals surface area contributed by atoms with Crippen molar-refractivity contribution in [1.82, 2.24) is 0 Å². The van der Waals surface area contributed by atoms with E-state index < -0.39 is 22.9 Å².